The summed E-state index contributed by atoms with van der Waals surface area (Å²) < 4.78 is 5.71. The zero-order valence-corrected chi connectivity index (χ0v) is 27.6. The number of nitrogens with one attached hydrogen (secondary N) is 1. The van der Waals surface area contributed by atoms with Crippen LogP contribution in [-0.2, 0) is 9.53 Å². The number of rotatable bonds is 11. The topological polar surface area (TPSA) is 112 Å². The van der Waals surface area contributed by atoms with E-state index in [-0.39, 0.29) is 11.9 Å². The van der Waals surface area contributed by atoms with Gasteiger partial charge in [0.1, 0.15) is 5.69 Å². The Morgan fingerprint density at radius 3 is 2.40 bits per heavy atom. The molecule has 2 atom stereocenters. The molecule has 0 radical (unpaired) electrons. The lowest BCUT2D eigenvalue weighted by molar-refractivity contribution is -0.128. The molecule has 236 valence electrons. The van der Waals surface area contributed by atoms with Gasteiger partial charge in [0.05, 0.1) is 11.8 Å². The number of carbonyl (C=O) groups excluding carboxylic acids is 1. The molecule has 3 rings (SSSR count). The van der Waals surface area contributed by atoms with Crippen molar-refractivity contribution in [2.75, 3.05) is 44.7 Å². The molecule has 0 spiro atoms. The zero-order chi connectivity index (χ0) is 31.7. The Bertz CT molecular complexity index is 1250. The number of aliphatic imine (C=N–C) groups is 1. The first-order valence-corrected chi connectivity index (χ1v) is 15.7. The Balaban J connectivity index is 1.72. The van der Waals surface area contributed by atoms with Crippen LogP contribution in [0.15, 0.2) is 58.7 Å². The molecule has 2 aliphatic heterocycles. The average Bonchev–Trinajstić information content (AvgIpc) is 2.99. The average molecular weight is 634 g/mol. The Hall–Kier alpha value is -3.08. The maximum Gasteiger partial charge on any atom is 0.255 e. The number of halogens is 2. The first kappa shape index (κ1) is 34.4. The molecule has 0 bridgehead atoms. The molecular formula is C31H46Cl2N8O2. The van der Waals surface area contributed by atoms with Crippen molar-refractivity contribution in [1.29, 1.82) is 0 Å². The van der Waals surface area contributed by atoms with Crippen LogP contribution in [0.3, 0.4) is 0 Å². The molecule has 2 fully saturated rings. The Kier molecular flexibility index (Phi) is 12.9. The van der Waals surface area contributed by atoms with E-state index in [1.165, 1.54) is 0 Å². The van der Waals surface area contributed by atoms with E-state index < -0.39 is 0 Å². The summed E-state index contributed by atoms with van der Waals surface area (Å²) in [6.07, 6.45) is 8.61. The number of anilines is 1. The lowest BCUT2D eigenvalue weighted by atomic mass is 9.94. The van der Waals surface area contributed by atoms with Crippen molar-refractivity contribution in [1.82, 2.24) is 25.1 Å². The van der Waals surface area contributed by atoms with Crippen molar-refractivity contribution in [3.8, 4) is 0 Å². The van der Waals surface area contributed by atoms with Gasteiger partial charge in [-0.05, 0) is 58.3 Å². The van der Waals surface area contributed by atoms with Crippen LogP contribution in [0, 0.1) is 0 Å². The van der Waals surface area contributed by atoms with Crippen molar-refractivity contribution in [2.24, 2.45) is 10.7 Å². The maximum absolute atomic E-state index is 13.2. The number of amides is 1. The number of hydrogen-bond acceptors (Lipinski definition) is 9. The van der Waals surface area contributed by atoms with Gasteiger partial charge in [0, 0.05) is 68.6 Å². The Labute approximate surface area is 266 Å². The van der Waals surface area contributed by atoms with Gasteiger partial charge in [-0.25, -0.2) is 9.97 Å². The van der Waals surface area contributed by atoms with Gasteiger partial charge in [-0.2, -0.15) is 0 Å². The van der Waals surface area contributed by atoms with Crippen molar-refractivity contribution >= 4 is 40.8 Å². The third-order valence-electron chi connectivity index (χ3n) is 7.99. The number of ether oxygens (including phenoxy) is 1. The fraction of sp³-hybridized carbons (Fsp3) is 0.548. The molecule has 12 heteroatoms. The number of piperidine rings is 1. The molecule has 2 saturated heterocycles. The quantitative estimate of drug-likeness (QED) is 0.117. The minimum atomic E-state index is -0.0693. The van der Waals surface area contributed by atoms with Gasteiger partial charge in [-0.15, -0.1) is 0 Å². The Morgan fingerprint density at radius 1 is 1.19 bits per heavy atom. The van der Waals surface area contributed by atoms with E-state index in [2.05, 4.69) is 52.1 Å². The van der Waals surface area contributed by atoms with E-state index >= 15 is 0 Å². The van der Waals surface area contributed by atoms with Gasteiger partial charge in [0.2, 0.25) is 5.90 Å². The van der Waals surface area contributed by atoms with Crippen molar-refractivity contribution < 1.29 is 9.53 Å². The summed E-state index contributed by atoms with van der Waals surface area (Å²) in [5.41, 5.74) is 7.40. The van der Waals surface area contributed by atoms with E-state index in [0.29, 0.717) is 76.5 Å². The summed E-state index contributed by atoms with van der Waals surface area (Å²) in [7, 11) is 1.63. The van der Waals surface area contributed by atoms with E-state index in [1.807, 2.05) is 11.8 Å². The van der Waals surface area contributed by atoms with Gasteiger partial charge in [0.25, 0.3) is 5.91 Å². The maximum atomic E-state index is 13.2. The number of allylic oxidation sites excluding steroid dienone is 3. The molecule has 0 aromatic carbocycles. The zero-order valence-electron chi connectivity index (χ0n) is 26.1. The second-order valence-electron chi connectivity index (χ2n) is 10.8. The second-order valence-corrected chi connectivity index (χ2v) is 11.7. The third kappa shape index (κ3) is 8.74. The highest BCUT2D eigenvalue weighted by molar-refractivity contribution is 6.32. The third-order valence-corrected chi connectivity index (χ3v) is 8.37. The molecule has 0 saturated carbocycles. The summed E-state index contributed by atoms with van der Waals surface area (Å²) in [5.74, 6) is 1.28. The second kappa shape index (κ2) is 16.1. The summed E-state index contributed by atoms with van der Waals surface area (Å²) in [6, 6.07) is 0.906. The molecular weight excluding hydrogens is 587 g/mol. The summed E-state index contributed by atoms with van der Waals surface area (Å²) in [5, 5.41) is 3.68. The van der Waals surface area contributed by atoms with Crippen molar-refractivity contribution in [2.45, 2.75) is 71.5 Å². The number of carbonyl (C=O) groups is 1. The van der Waals surface area contributed by atoms with Gasteiger partial charge in [0.15, 0.2) is 16.9 Å². The lowest BCUT2D eigenvalue weighted by Crippen LogP contribution is -2.62. The highest BCUT2D eigenvalue weighted by Crippen LogP contribution is 2.32. The van der Waals surface area contributed by atoms with Crippen LogP contribution >= 0.6 is 23.2 Å². The van der Waals surface area contributed by atoms with Crippen LogP contribution in [0.5, 0.6) is 0 Å². The fourth-order valence-corrected chi connectivity index (χ4v) is 6.04. The van der Waals surface area contributed by atoms with Gasteiger partial charge < -0.3 is 25.6 Å². The van der Waals surface area contributed by atoms with Crippen LogP contribution in [0.2, 0.25) is 5.15 Å². The standard InChI is InChI=1S/C31H46Cl2N8O2/c1-8-23-19-41(29-28(33)38-27(17-37-29)30(35-7)43-22(6)36-10-3)24(9-2)18-40(23)25-13-15-39(16-14-25)31(42)26(21(5)34)12-11-20(4)32/h11-12,17,23-25,36H,4,6,8-10,13-16,18-19,34H2,1-3,5,7H3/b12-11-,26-21-,35-30?/t23?,24-/m1/s1. The highest BCUT2D eigenvalue weighted by Gasteiger charge is 2.39. The van der Waals surface area contributed by atoms with Crippen molar-refractivity contribution in [3.63, 3.8) is 0 Å². The number of piperazine rings is 1. The minimum Gasteiger partial charge on any atom is -0.422 e. The molecule has 1 aromatic rings. The van der Waals surface area contributed by atoms with Gasteiger partial charge in [-0.1, -0.05) is 43.6 Å². The van der Waals surface area contributed by atoms with E-state index in [0.717, 1.165) is 38.8 Å². The molecule has 3 heterocycles. The van der Waals surface area contributed by atoms with Crippen LogP contribution in [0.25, 0.3) is 0 Å². The predicted molar refractivity (Wildman–Crippen MR) is 176 cm³/mol. The van der Waals surface area contributed by atoms with Gasteiger partial charge >= 0.3 is 0 Å². The molecule has 2 aliphatic rings. The molecule has 1 amide bonds. The highest BCUT2D eigenvalue weighted by atomic mass is 35.5. The normalized spacial score (nSPS) is 21.1. The SMILES string of the molecule is C=C(Cl)/C=C\C(C(=O)N1CCC(N2C[C@@H](CC)N(c3ncc(C(=NC)OC(=C)NCC)nc3Cl)CC2CC)CC1)=C(/C)N. The van der Waals surface area contributed by atoms with E-state index in [9.17, 15) is 4.79 Å². The monoisotopic (exact) mass is 632 g/mol. The number of hydrogen-bond donors (Lipinski definition) is 2. The van der Waals surface area contributed by atoms with E-state index in [1.54, 1.807) is 32.3 Å². The molecule has 43 heavy (non-hydrogen) atoms. The fourth-order valence-electron chi connectivity index (χ4n) is 5.73. The number of nitrogens with zero attached hydrogens (tertiary/aromatic N) is 6. The van der Waals surface area contributed by atoms with Crippen LogP contribution in [0.1, 0.15) is 59.1 Å². The molecule has 0 aliphatic carbocycles. The minimum absolute atomic E-state index is 0.0693. The summed E-state index contributed by atoms with van der Waals surface area (Å²) in [4.78, 5) is 33.6. The van der Waals surface area contributed by atoms with Gasteiger partial charge in [-0.3, -0.25) is 14.7 Å². The smallest absolute Gasteiger partial charge is 0.255 e. The van der Waals surface area contributed by atoms with Crippen molar-refractivity contribution in [3.05, 3.63) is 64.5 Å². The summed E-state index contributed by atoms with van der Waals surface area (Å²) >= 11 is 12.6. The van der Waals surface area contributed by atoms with Crippen LogP contribution < -0.4 is 16.0 Å². The van der Waals surface area contributed by atoms with Crippen LogP contribution in [-0.4, -0.2) is 89.5 Å². The summed E-state index contributed by atoms with van der Waals surface area (Å²) in [6.45, 7) is 19.3. The number of aromatic nitrogens is 2. The first-order chi connectivity index (χ1) is 20.5. The molecule has 10 nitrogen and oxygen atoms in total. The predicted octanol–water partition coefficient (Wildman–Crippen LogP) is 4.82. The number of likely N-dealkylation sites (tertiary alicyclic amines) is 1. The Morgan fingerprint density at radius 2 is 1.86 bits per heavy atom. The number of nitrogens with two attached hydrogens (primary N) is 1. The molecule has 1 unspecified atom stereocenters. The van der Waals surface area contributed by atoms with Crippen LogP contribution in [0.4, 0.5) is 5.82 Å². The lowest BCUT2D eigenvalue weighted by Gasteiger charge is -2.51. The first-order valence-electron chi connectivity index (χ1n) is 14.9. The van der Waals surface area contributed by atoms with E-state index in [4.69, 9.17) is 38.7 Å². The molecule has 3 N–H and O–H groups in total. The molecule has 1 aromatic heterocycles. The largest absolute Gasteiger partial charge is 0.422 e.